The summed E-state index contributed by atoms with van der Waals surface area (Å²) >= 11 is 0. The summed E-state index contributed by atoms with van der Waals surface area (Å²) in [5.74, 6) is -0.537. The first-order valence-electron chi connectivity index (χ1n) is 11.2. The molecule has 5 nitrogen and oxygen atoms in total. The first kappa shape index (κ1) is 25.6. The van der Waals surface area contributed by atoms with E-state index in [0.29, 0.717) is 6.61 Å². The van der Waals surface area contributed by atoms with Gasteiger partial charge in [0.2, 0.25) is 0 Å². The number of sulfonamides is 1. The number of esters is 1. The maximum Gasteiger partial charge on any atom is 0.338 e. The minimum atomic E-state index is -4.07. The lowest BCUT2D eigenvalue weighted by Gasteiger charge is -2.06. The highest BCUT2D eigenvalue weighted by atomic mass is 32.2. The molecule has 0 aliphatic rings. The Morgan fingerprint density at radius 3 is 1.79 bits per heavy atom. The smallest absolute Gasteiger partial charge is 0.338 e. The van der Waals surface area contributed by atoms with Gasteiger partial charge in [-0.1, -0.05) is 96.5 Å². The lowest BCUT2D eigenvalue weighted by molar-refractivity contribution is 0.0497. The Morgan fingerprint density at radius 1 is 0.828 bits per heavy atom. The Labute approximate surface area is 177 Å². The molecule has 0 atom stereocenters. The van der Waals surface area contributed by atoms with Crippen molar-refractivity contribution in [2.75, 3.05) is 6.61 Å². The van der Waals surface area contributed by atoms with E-state index in [4.69, 9.17) is 9.88 Å². The average Bonchev–Trinajstić information content (AvgIpc) is 2.70. The Balaban J connectivity index is 1.98. The van der Waals surface area contributed by atoms with Gasteiger partial charge >= 0.3 is 5.97 Å². The molecule has 0 aliphatic carbocycles. The molecule has 0 aromatic heterocycles. The summed E-state index contributed by atoms with van der Waals surface area (Å²) < 4.78 is 27.7. The van der Waals surface area contributed by atoms with Crippen molar-refractivity contribution in [3.63, 3.8) is 0 Å². The normalized spacial score (nSPS) is 11.5. The number of hydrogen-bond acceptors (Lipinski definition) is 4. The SMILES string of the molecule is CCCCCCCCCCCCCCCCOC(=O)c1cccc(S([NH])(=O)=O)c1. The molecular formula is C23H38NO4S. The number of benzene rings is 1. The Hall–Kier alpha value is -1.40. The van der Waals surface area contributed by atoms with E-state index in [1.807, 2.05) is 0 Å². The Morgan fingerprint density at radius 2 is 1.31 bits per heavy atom. The fourth-order valence-corrected chi connectivity index (χ4v) is 3.87. The van der Waals surface area contributed by atoms with Crippen molar-refractivity contribution in [1.29, 1.82) is 0 Å². The molecule has 1 aromatic rings. The number of hydrogen-bond donors (Lipinski definition) is 0. The fraction of sp³-hybridized carbons (Fsp3) is 0.696. The maximum absolute atomic E-state index is 12.0. The van der Waals surface area contributed by atoms with E-state index in [2.05, 4.69) is 6.92 Å². The monoisotopic (exact) mass is 424 g/mol. The first-order valence-corrected chi connectivity index (χ1v) is 12.7. The van der Waals surface area contributed by atoms with Crippen molar-refractivity contribution in [3.8, 4) is 0 Å². The Bertz CT molecular complexity index is 673. The van der Waals surface area contributed by atoms with E-state index in [9.17, 15) is 13.2 Å². The Kier molecular flexibility index (Phi) is 13.7. The molecule has 0 fully saturated rings. The van der Waals surface area contributed by atoms with Gasteiger partial charge in [-0.05, 0) is 24.6 Å². The molecule has 0 bridgehead atoms. The van der Waals surface area contributed by atoms with E-state index >= 15 is 0 Å². The quantitative estimate of drug-likeness (QED) is 0.217. The predicted octanol–water partition coefficient (Wildman–Crippen LogP) is 6.30. The van der Waals surface area contributed by atoms with Gasteiger partial charge in [0.15, 0.2) is 0 Å². The van der Waals surface area contributed by atoms with Crippen molar-refractivity contribution >= 4 is 16.0 Å². The molecule has 1 rings (SSSR count). The molecule has 0 spiro atoms. The van der Waals surface area contributed by atoms with Crippen LogP contribution >= 0.6 is 0 Å². The third kappa shape index (κ3) is 12.7. The van der Waals surface area contributed by atoms with Gasteiger partial charge in [-0.2, -0.15) is 0 Å². The van der Waals surface area contributed by atoms with Crippen molar-refractivity contribution < 1.29 is 17.9 Å². The summed E-state index contributed by atoms with van der Waals surface area (Å²) in [6.07, 6.45) is 17.8. The number of unbranched alkanes of at least 4 members (excludes halogenated alkanes) is 13. The maximum atomic E-state index is 12.0. The molecule has 1 aromatic carbocycles. The molecule has 6 heteroatoms. The molecule has 165 valence electrons. The van der Waals surface area contributed by atoms with E-state index in [1.54, 1.807) is 0 Å². The van der Waals surface area contributed by atoms with Crippen LogP contribution in [0.3, 0.4) is 0 Å². The summed E-state index contributed by atoms with van der Waals surface area (Å²) in [5.41, 5.74) is 0.170. The largest absolute Gasteiger partial charge is 0.462 e. The molecule has 1 N–H and O–H groups in total. The summed E-state index contributed by atoms with van der Waals surface area (Å²) in [6, 6.07) is 5.44. The van der Waals surface area contributed by atoms with Crippen LogP contribution in [0.5, 0.6) is 0 Å². The van der Waals surface area contributed by atoms with Crippen LogP contribution in [0.1, 0.15) is 107 Å². The zero-order chi connectivity index (χ0) is 21.4. The van der Waals surface area contributed by atoms with Crippen LogP contribution in [0.15, 0.2) is 29.2 Å². The van der Waals surface area contributed by atoms with Crippen LogP contribution < -0.4 is 5.14 Å². The van der Waals surface area contributed by atoms with Crippen molar-refractivity contribution in [3.05, 3.63) is 29.8 Å². The van der Waals surface area contributed by atoms with Gasteiger partial charge in [-0.25, -0.2) is 13.2 Å². The summed E-state index contributed by atoms with van der Waals surface area (Å²) in [5, 5.41) is 7.06. The average molecular weight is 425 g/mol. The summed E-state index contributed by atoms with van der Waals surface area (Å²) in [4.78, 5) is 11.8. The number of ether oxygens (including phenoxy) is 1. The van der Waals surface area contributed by atoms with E-state index in [1.165, 1.54) is 94.9 Å². The summed E-state index contributed by atoms with van der Waals surface area (Å²) in [7, 11) is -4.07. The van der Waals surface area contributed by atoms with Crippen LogP contribution in [-0.2, 0) is 14.8 Å². The van der Waals surface area contributed by atoms with Crippen LogP contribution in [0.25, 0.3) is 0 Å². The van der Waals surface area contributed by atoms with Gasteiger partial charge in [-0.15, -0.1) is 5.14 Å². The molecule has 0 unspecified atom stereocenters. The van der Waals surface area contributed by atoms with Gasteiger partial charge in [0.05, 0.1) is 17.1 Å². The zero-order valence-electron chi connectivity index (χ0n) is 18.0. The van der Waals surface area contributed by atoms with E-state index < -0.39 is 16.0 Å². The van der Waals surface area contributed by atoms with Crippen molar-refractivity contribution in [1.82, 2.24) is 5.14 Å². The second-order valence-corrected chi connectivity index (χ2v) is 9.24. The van der Waals surface area contributed by atoms with Crippen molar-refractivity contribution in [2.24, 2.45) is 0 Å². The molecule has 1 radical (unpaired) electrons. The van der Waals surface area contributed by atoms with Crippen molar-refractivity contribution in [2.45, 2.75) is 102 Å². The highest BCUT2D eigenvalue weighted by Crippen LogP contribution is 2.14. The minimum Gasteiger partial charge on any atom is -0.462 e. The molecule has 0 aliphatic heterocycles. The number of nitrogens with one attached hydrogen (secondary N) is 1. The molecule has 29 heavy (non-hydrogen) atoms. The highest BCUT2D eigenvalue weighted by Gasteiger charge is 2.13. The lowest BCUT2D eigenvalue weighted by atomic mass is 10.0. The third-order valence-corrected chi connectivity index (χ3v) is 5.99. The van der Waals surface area contributed by atoms with Crippen LogP contribution in [0, 0.1) is 0 Å². The number of carbonyl (C=O) groups is 1. The molecule has 0 saturated heterocycles. The van der Waals surface area contributed by atoms with Gasteiger partial charge in [0.1, 0.15) is 0 Å². The fourth-order valence-electron chi connectivity index (χ4n) is 3.34. The van der Waals surface area contributed by atoms with Gasteiger partial charge in [0, 0.05) is 0 Å². The minimum absolute atomic E-state index is 0.170. The standard InChI is InChI=1S/C23H38NO4S/c1-2-3-4-5-6-7-8-9-10-11-12-13-14-15-19-28-23(25)21-17-16-18-22(20-21)29(24,26)27/h16-18,20,24H,2-15,19H2,1H3. The second kappa shape index (κ2) is 15.4. The third-order valence-electron chi connectivity index (χ3n) is 5.11. The summed E-state index contributed by atoms with van der Waals surface area (Å²) in [6.45, 7) is 2.60. The topological polar surface area (TPSA) is 84.2 Å². The second-order valence-electron chi connectivity index (χ2n) is 7.76. The highest BCUT2D eigenvalue weighted by molar-refractivity contribution is 7.88. The first-order chi connectivity index (χ1) is 13.9. The molecule has 0 amide bonds. The van der Waals surface area contributed by atoms with Crippen LogP contribution in [0.2, 0.25) is 0 Å². The van der Waals surface area contributed by atoms with Crippen LogP contribution in [-0.4, -0.2) is 21.0 Å². The number of rotatable bonds is 17. The molecular weight excluding hydrogens is 386 g/mol. The number of carbonyl (C=O) groups excluding carboxylic acids is 1. The van der Waals surface area contributed by atoms with E-state index in [-0.39, 0.29) is 10.5 Å². The van der Waals surface area contributed by atoms with Gasteiger partial charge in [-0.3, -0.25) is 0 Å². The predicted molar refractivity (Wildman–Crippen MR) is 117 cm³/mol. The van der Waals surface area contributed by atoms with Gasteiger partial charge < -0.3 is 4.74 Å². The molecule has 0 saturated carbocycles. The van der Waals surface area contributed by atoms with E-state index in [0.717, 1.165) is 19.3 Å². The van der Waals surface area contributed by atoms with Gasteiger partial charge in [0.25, 0.3) is 10.0 Å². The molecule has 0 heterocycles. The zero-order valence-corrected chi connectivity index (χ0v) is 18.8. The van der Waals surface area contributed by atoms with Crippen LogP contribution in [0.4, 0.5) is 0 Å². The lowest BCUT2D eigenvalue weighted by Crippen LogP contribution is -2.08.